The Hall–Kier alpha value is -2.94. The number of nitrogens with zero attached hydrogens (tertiary/aromatic N) is 2. The fourth-order valence-electron chi connectivity index (χ4n) is 3.76. The van der Waals surface area contributed by atoms with Gasteiger partial charge in [-0.05, 0) is 53.6 Å². The lowest BCUT2D eigenvalue weighted by Gasteiger charge is -2.24. The average Bonchev–Trinajstić information content (AvgIpc) is 3.05. The molecule has 1 amide bonds. The van der Waals surface area contributed by atoms with Crippen molar-refractivity contribution in [2.45, 2.75) is 11.3 Å². The van der Waals surface area contributed by atoms with Gasteiger partial charge in [-0.1, -0.05) is 30.3 Å². The largest absolute Gasteiger partial charge is 0.370 e. The summed E-state index contributed by atoms with van der Waals surface area (Å²) >= 11 is 0. The summed E-state index contributed by atoms with van der Waals surface area (Å²) in [5.74, 6) is -0.565. The Labute approximate surface area is 175 Å². The minimum Gasteiger partial charge on any atom is -0.370 e. The van der Waals surface area contributed by atoms with Gasteiger partial charge < -0.3 is 4.90 Å². The number of hydrogen-bond acceptors (Lipinski definition) is 5. The molecule has 1 aliphatic heterocycles. The number of carbonyl (C=O) groups is 1. The van der Waals surface area contributed by atoms with E-state index in [2.05, 4.69) is 4.90 Å². The third-order valence-electron chi connectivity index (χ3n) is 5.41. The smallest absolute Gasteiger partial charge is 0.274 e. The zero-order chi connectivity index (χ0) is 21.1. The standard InChI is InChI=1S/C22H23N3O4S/c26-22(23-27)18-6-9-20(10-7-18)24-12-3-13-25(15-14-24)30(28,29)21-11-8-17-4-1-2-5-19(17)16-21/h1-2,4-11,16,27H,3,12-15H2,(H,23,26). The van der Waals surface area contributed by atoms with E-state index >= 15 is 0 Å². The molecular formula is C22H23N3O4S. The van der Waals surface area contributed by atoms with Gasteiger partial charge in [0.25, 0.3) is 5.91 Å². The first-order valence-electron chi connectivity index (χ1n) is 9.77. The minimum atomic E-state index is -3.58. The van der Waals surface area contributed by atoms with Gasteiger partial charge in [0.2, 0.25) is 10.0 Å². The molecule has 2 N–H and O–H groups in total. The molecule has 0 bridgehead atoms. The molecule has 0 saturated carbocycles. The third kappa shape index (κ3) is 4.02. The number of benzene rings is 3. The summed E-state index contributed by atoms with van der Waals surface area (Å²) in [5, 5.41) is 10.6. The highest BCUT2D eigenvalue weighted by Crippen LogP contribution is 2.24. The van der Waals surface area contributed by atoms with Crippen LogP contribution in [0.15, 0.2) is 71.6 Å². The van der Waals surface area contributed by atoms with Crippen LogP contribution in [0, 0.1) is 0 Å². The number of fused-ring (bicyclic) bond motifs is 1. The van der Waals surface area contributed by atoms with Crippen LogP contribution in [-0.2, 0) is 10.0 Å². The average molecular weight is 426 g/mol. The lowest BCUT2D eigenvalue weighted by Crippen LogP contribution is -2.35. The molecule has 0 unspecified atom stereocenters. The van der Waals surface area contributed by atoms with Gasteiger partial charge in [0.15, 0.2) is 0 Å². The van der Waals surface area contributed by atoms with E-state index in [1.807, 2.05) is 30.3 Å². The summed E-state index contributed by atoms with van der Waals surface area (Å²) in [4.78, 5) is 13.9. The Kier molecular flexibility index (Phi) is 5.72. The van der Waals surface area contributed by atoms with Crippen LogP contribution in [0.25, 0.3) is 10.8 Å². The fourth-order valence-corrected chi connectivity index (χ4v) is 5.26. The van der Waals surface area contributed by atoms with Gasteiger partial charge in [-0.25, -0.2) is 13.9 Å². The molecule has 1 aliphatic rings. The van der Waals surface area contributed by atoms with Crippen molar-refractivity contribution in [3.05, 3.63) is 72.3 Å². The van der Waals surface area contributed by atoms with Crippen LogP contribution < -0.4 is 10.4 Å². The summed E-state index contributed by atoms with van der Waals surface area (Å²) in [6.07, 6.45) is 0.700. The summed E-state index contributed by atoms with van der Waals surface area (Å²) in [6, 6.07) is 19.8. The molecule has 156 valence electrons. The first-order valence-corrected chi connectivity index (χ1v) is 11.2. The zero-order valence-electron chi connectivity index (χ0n) is 16.4. The second kappa shape index (κ2) is 8.43. The van der Waals surface area contributed by atoms with Crippen molar-refractivity contribution in [1.29, 1.82) is 0 Å². The molecule has 3 aromatic rings. The molecule has 1 saturated heterocycles. The maximum Gasteiger partial charge on any atom is 0.274 e. The number of sulfonamides is 1. The topological polar surface area (TPSA) is 89.9 Å². The van der Waals surface area contributed by atoms with E-state index in [4.69, 9.17) is 5.21 Å². The molecule has 0 spiro atoms. The van der Waals surface area contributed by atoms with Crippen molar-refractivity contribution in [2.24, 2.45) is 0 Å². The molecule has 30 heavy (non-hydrogen) atoms. The molecule has 7 nitrogen and oxygen atoms in total. The SMILES string of the molecule is O=C(NO)c1ccc(N2CCCN(S(=O)(=O)c3ccc4ccccc4c3)CC2)cc1. The van der Waals surface area contributed by atoms with Crippen molar-refractivity contribution < 1.29 is 18.4 Å². The van der Waals surface area contributed by atoms with Gasteiger partial charge >= 0.3 is 0 Å². The second-order valence-electron chi connectivity index (χ2n) is 7.24. The maximum absolute atomic E-state index is 13.2. The van der Waals surface area contributed by atoms with Gasteiger partial charge in [-0.3, -0.25) is 10.0 Å². The summed E-state index contributed by atoms with van der Waals surface area (Å²) in [5.41, 5.74) is 2.88. The molecule has 3 aromatic carbocycles. The third-order valence-corrected chi connectivity index (χ3v) is 7.30. The summed E-state index contributed by atoms with van der Waals surface area (Å²) in [6.45, 7) is 2.11. The normalized spacial score (nSPS) is 15.7. The van der Waals surface area contributed by atoms with Crippen LogP contribution in [0.3, 0.4) is 0 Å². The van der Waals surface area contributed by atoms with Gasteiger partial charge in [-0.15, -0.1) is 0 Å². The lowest BCUT2D eigenvalue weighted by atomic mass is 10.1. The number of hydroxylamine groups is 1. The number of amides is 1. The van der Waals surface area contributed by atoms with Crippen molar-refractivity contribution in [2.75, 3.05) is 31.1 Å². The van der Waals surface area contributed by atoms with Crippen LogP contribution in [0.4, 0.5) is 5.69 Å². The molecular weight excluding hydrogens is 402 g/mol. The highest BCUT2D eigenvalue weighted by Gasteiger charge is 2.27. The highest BCUT2D eigenvalue weighted by molar-refractivity contribution is 7.89. The lowest BCUT2D eigenvalue weighted by molar-refractivity contribution is 0.0706. The van der Waals surface area contributed by atoms with Crippen molar-refractivity contribution >= 4 is 32.4 Å². The predicted octanol–water partition coefficient (Wildman–Crippen LogP) is 2.86. The quantitative estimate of drug-likeness (QED) is 0.496. The Morgan fingerprint density at radius 2 is 1.60 bits per heavy atom. The summed E-state index contributed by atoms with van der Waals surface area (Å²) in [7, 11) is -3.58. The first kappa shape index (κ1) is 20.3. The van der Waals surface area contributed by atoms with Crippen LogP contribution in [0.1, 0.15) is 16.8 Å². The molecule has 4 rings (SSSR count). The molecule has 1 heterocycles. The second-order valence-corrected chi connectivity index (χ2v) is 9.18. The van der Waals surface area contributed by atoms with Gasteiger partial charge in [0, 0.05) is 37.4 Å². The number of carbonyl (C=O) groups excluding carboxylic acids is 1. The fraction of sp³-hybridized carbons (Fsp3) is 0.227. The maximum atomic E-state index is 13.2. The number of nitrogens with one attached hydrogen (secondary N) is 1. The van der Waals surface area contributed by atoms with E-state index in [1.165, 1.54) is 0 Å². The molecule has 0 radical (unpaired) electrons. The van der Waals surface area contributed by atoms with Gasteiger partial charge in [0.05, 0.1) is 4.90 Å². The van der Waals surface area contributed by atoms with Gasteiger partial charge in [0.1, 0.15) is 0 Å². The Morgan fingerprint density at radius 1 is 0.867 bits per heavy atom. The molecule has 0 aromatic heterocycles. The Bertz CT molecular complexity index is 1160. The molecule has 0 atom stereocenters. The van der Waals surface area contributed by atoms with Crippen LogP contribution in [0.2, 0.25) is 0 Å². The Balaban J connectivity index is 1.51. The van der Waals surface area contributed by atoms with E-state index < -0.39 is 15.9 Å². The van der Waals surface area contributed by atoms with E-state index in [0.29, 0.717) is 36.5 Å². The van der Waals surface area contributed by atoms with Crippen molar-refractivity contribution in [3.63, 3.8) is 0 Å². The van der Waals surface area contributed by atoms with E-state index in [1.54, 1.807) is 46.2 Å². The predicted molar refractivity (Wildman–Crippen MR) is 115 cm³/mol. The summed E-state index contributed by atoms with van der Waals surface area (Å²) < 4.78 is 28.0. The Morgan fingerprint density at radius 3 is 2.33 bits per heavy atom. The molecule has 0 aliphatic carbocycles. The van der Waals surface area contributed by atoms with E-state index in [0.717, 1.165) is 23.0 Å². The molecule has 8 heteroatoms. The number of hydrogen-bond donors (Lipinski definition) is 2. The van der Waals surface area contributed by atoms with Crippen molar-refractivity contribution in [3.8, 4) is 0 Å². The van der Waals surface area contributed by atoms with Crippen LogP contribution >= 0.6 is 0 Å². The first-order chi connectivity index (χ1) is 14.5. The monoisotopic (exact) mass is 425 g/mol. The molecule has 1 fully saturated rings. The minimum absolute atomic E-state index is 0.314. The van der Waals surface area contributed by atoms with Gasteiger partial charge in [-0.2, -0.15) is 4.31 Å². The van der Waals surface area contributed by atoms with Crippen molar-refractivity contribution in [1.82, 2.24) is 9.79 Å². The highest BCUT2D eigenvalue weighted by atomic mass is 32.2. The van der Waals surface area contributed by atoms with Crippen LogP contribution in [0.5, 0.6) is 0 Å². The zero-order valence-corrected chi connectivity index (χ0v) is 17.2. The van der Waals surface area contributed by atoms with Crippen LogP contribution in [-0.4, -0.2) is 50.0 Å². The van der Waals surface area contributed by atoms with E-state index in [9.17, 15) is 13.2 Å². The van der Waals surface area contributed by atoms with E-state index in [-0.39, 0.29) is 0 Å². The number of rotatable bonds is 4. The number of anilines is 1.